The number of hydrogen-bond donors (Lipinski definition) is 2. The van der Waals surface area contributed by atoms with Crippen molar-refractivity contribution < 1.29 is 9.47 Å². The van der Waals surface area contributed by atoms with E-state index in [1.165, 1.54) is 0 Å². The van der Waals surface area contributed by atoms with Crippen LogP contribution in [0.3, 0.4) is 0 Å². The van der Waals surface area contributed by atoms with Crippen LogP contribution in [0.4, 0.5) is 0 Å². The number of ether oxygens (including phenoxy) is 2. The molecule has 1 unspecified atom stereocenters. The number of halogens is 2. The van der Waals surface area contributed by atoms with Gasteiger partial charge in [-0.25, -0.2) is 5.43 Å². The Labute approximate surface area is 133 Å². The highest BCUT2D eigenvalue weighted by Crippen LogP contribution is 2.36. The average Bonchev–Trinajstić information content (AvgIpc) is 2.49. The van der Waals surface area contributed by atoms with Gasteiger partial charge in [0.25, 0.3) is 0 Å². The Morgan fingerprint density at radius 2 is 1.52 bits per heavy atom. The molecule has 0 saturated carbocycles. The molecule has 0 radical (unpaired) electrons. The fourth-order valence-electron chi connectivity index (χ4n) is 2.20. The molecule has 6 heteroatoms. The van der Waals surface area contributed by atoms with Gasteiger partial charge in [0.05, 0.1) is 20.3 Å². The zero-order valence-electron chi connectivity index (χ0n) is 11.7. The average molecular weight is 327 g/mol. The zero-order chi connectivity index (χ0) is 15.4. The molecule has 2 rings (SSSR count). The van der Waals surface area contributed by atoms with Gasteiger partial charge in [-0.05, 0) is 30.3 Å². The molecule has 0 aliphatic carbocycles. The molecule has 0 amide bonds. The van der Waals surface area contributed by atoms with E-state index in [4.69, 9.17) is 38.5 Å². The van der Waals surface area contributed by atoms with Gasteiger partial charge in [-0.2, -0.15) is 0 Å². The molecule has 4 nitrogen and oxygen atoms in total. The summed E-state index contributed by atoms with van der Waals surface area (Å²) in [6, 6.07) is 10.4. The highest BCUT2D eigenvalue weighted by atomic mass is 35.5. The van der Waals surface area contributed by atoms with Gasteiger partial charge in [0, 0.05) is 21.2 Å². The molecule has 0 saturated heterocycles. The lowest BCUT2D eigenvalue weighted by atomic mass is 9.97. The van der Waals surface area contributed by atoms with Crippen molar-refractivity contribution in [3.8, 4) is 11.5 Å². The Morgan fingerprint density at radius 3 is 2.14 bits per heavy atom. The van der Waals surface area contributed by atoms with Crippen LogP contribution in [0.15, 0.2) is 36.4 Å². The van der Waals surface area contributed by atoms with E-state index < -0.39 is 0 Å². The van der Waals surface area contributed by atoms with Crippen molar-refractivity contribution in [3.63, 3.8) is 0 Å². The molecule has 0 aliphatic rings. The first-order valence-electron chi connectivity index (χ1n) is 6.23. The highest BCUT2D eigenvalue weighted by Gasteiger charge is 2.21. The predicted molar refractivity (Wildman–Crippen MR) is 85.2 cm³/mol. The zero-order valence-corrected chi connectivity index (χ0v) is 13.2. The van der Waals surface area contributed by atoms with Crippen LogP contribution in [0.1, 0.15) is 17.2 Å². The van der Waals surface area contributed by atoms with E-state index >= 15 is 0 Å². The fraction of sp³-hybridized carbons (Fsp3) is 0.200. The van der Waals surface area contributed by atoms with Crippen molar-refractivity contribution in [2.45, 2.75) is 6.04 Å². The summed E-state index contributed by atoms with van der Waals surface area (Å²) >= 11 is 12.1. The second kappa shape index (κ2) is 7.00. The first kappa shape index (κ1) is 15.9. The van der Waals surface area contributed by atoms with Crippen LogP contribution < -0.4 is 20.7 Å². The van der Waals surface area contributed by atoms with Crippen molar-refractivity contribution in [1.82, 2.24) is 5.43 Å². The van der Waals surface area contributed by atoms with Crippen molar-refractivity contribution in [2.75, 3.05) is 14.2 Å². The molecule has 3 N–H and O–H groups in total. The molecule has 1 atom stereocenters. The molecule has 0 spiro atoms. The van der Waals surface area contributed by atoms with Crippen LogP contribution in [0.25, 0.3) is 0 Å². The van der Waals surface area contributed by atoms with Crippen molar-refractivity contribution >= 4 is 23.2 Å². The van der Waals surface area contributed by atoms with Gasteiger partial charge in [-0.3, -0.25) is 5.84 Å². The van der Waals surface area contributed by atoms with E-state index in [2.05, 4.69) is 5.43 Å². The van der Waals surface area contributed by atoms with Gasteiger partial charge in [-0.1, -0.05) is 29.3 Å². The second-order valence-corrected chi connectivity index (χ2v) is 5.25. The van der Waals surface area contributed by atoms with E-state index in [0.717, 1.165) is 11.1 Å². The maximum Gasteiger partial charge on any atom is 0.125 e. The molecular weight excluding hydrogens is 311 g/mol. The summed E-state index contributed by atoms with van der Waals surface area (Å²) < 4.78 is 10.8. The Hall–Kier alpha value is -1.46. The van der Waals surface area contributed by atoms with E-state index in [9.17, 15) is 0 Å². The summed E-state index contributed by atoms with van der Waals surface area (Å²) in [4.78, 5) is 0. The molecule has 0 aromatic heterocycles. The molecule has 0 aliphatic heterocycles. The Kier molecular flexibility index (Phi) is 5.31. The predicted octanol–water partition coefficient (Wildman–Crippen LogP) is 3.56. The largest absolute Gasteiger partial charge is 0.496 e. The van der Waals surface area contributed by atoms with Crippen molar-refractivity contribution in [1.29, 1.82) is 0 Å². The first-order valence-corrected chi connectivity index (χ1v) is 6.99. The Balaban J connectivity index is 2.57. The molecular formula is C15H16Cl2N2O2. The summed E-state index contributed by atoms with van der Waals surface area (Å²) in [5.41, 5.74) is 4.42. The SMILES string of the molecule is COc1cc(Cl)ccc1C(NN)c1cc(Cl)ccc1OC. The van der Waals surface area contributed by atoms with Crippen molar-refractivity contribution in [3.05, 3.63) is 57.6 Å². The normalized spacial score (nSPS) is 12.0. The summed E-state index contributed by atoms with van der Waals surface area (Å²) in [6.45, 7) is 0. The molecule has 0 bridgehead atoms. The van der Waals surface area contributed by atoms with Gasteiger partial charge in [0.2, 0.25) is 0 Å². The Bertz CT molecular complexity index is 635. The summed E-state index contributed by atoms with van der Waals surface area (Å²) in [7, 11) is 3.18. The standard InChI is InChI=1S/C15H16Cl2N2O2/c1-20-13-6-4-9(16)7-12(13)15(19-18)11-5-3-10(17)8-14(11)21-2/h3-8,15,19H,18H2,1-2H3. The van der Waals surface area contributed by atoms with Crippen LogP contribution in [-0.2, 0) is 0 Å². The Morgan fingerprint density at radius 1 is 0.905 bits per heavy atom. The van der Waals surface area contributed by atoms with Crippen molar-refractivity contribution in [2.24, 2.45) is 5.84 Å². The van der Waals surface area contributed by atoms with Gasteiger partial charge < -0.3 is 9.47 Å². The number of rotatable bonds is 5. The van der Waals surface area contributed by atoms with Gasteiger partial charge in [0.1, 0.15) is 11.5 Å². The lowest BCUT2D eigenvalue weighted by molar-refractivity contribution is 0.394. The third-order valence-electron chi connectivity index (χ3n) is 3.18. The van der Waals surface area contributed by atoms with Gasteiger partial charge in [0.15, 0.2) is 0 Å². The first-order chi connectivity index (χ1) is 10.1. The highest BCUT2D eigenvalue weighted by molar-refractivity contribution is 6.31. The van der Waals surface area contributed by atoms with Gasteiger partial charge in [-0.15, -0.1) is 0 Å². The fourth-order valence-corrected chi connectivity index (χ4v) is 2.54. The maximum atomic E-state index is 6.08. The topological polar surface area (TPSA) is 56.5 Å². The summed E-state index contributed by atoms with van der Waals surface area (Å²) in [5, 5.41) is 1.18. The minimum Gasteiger partial charge on any atom is -0.496 e. The third kappa shape index (κ3) is 3.41. The third-order valence-corrected chi connectivity index (χ3v) is 3.65. The molecule has 21 heavy (non-hydrogen) atoms. The number of nitrogens with one attached hydrogen (secondary N) is 1. The van der Waals surface area contributed by atoms with Crippen LogP contribution in [0, 0.1) is 0 Å². The van der Waals surface area contributed by atoms with Crippen LogP contribution >= 0.6 is 23.2 Å². The monoisotopic (exact) mass is 326 g/mol. The molecule has 0 heterocycles. The number of hydrazine groups is 1. The lowest BCUT2D eigenvalue weighted by Gasteiger charge is -2.22. The minimum absolute atomic E-state index is 0.342. The van der Waals surface area contributed by atoms with E-state index in [1.54, 1.807) is 44.6 Å². The number of benzene rings is 2. The summed E-state index contributed by atoms with van der Waals surface area (Å²) in [5.74, 6) is 7.05. The number of methoxy groups -OCH3 is 2. The second-order valence-electron chi connectivity index (χ2n) is 4.37. The quantitative estimate of drug-likeness (QED) is 0.651. The minimum atomic E-state index is -0.342. The van der Waals surface area contributed by atoms with Crippen LogP contribution in [-0.4, -0.2) is 14.2 Å². The molecule has 112 valence electrons. The van der Waals surface area contributed by atoms with E-state index in [-0.39, 0.29) is 6.04 Å². The molecule has 0 fully saturated rings. The molecule has 2 aromatic carbocycles. The van der Waals surface area contributed by atoms with Gasteiger partial charge >= 0.3 is 0 Å². The lowest BCUT2D eigenvalue weighted by Crippen LogP contribution is -2.29. The smallest absolute Gasteiger partial charge is 0.125 e. The van der Waals surface area contributed by atoms with E-state index in [0.29, 0.717) is 21.5 Å². The number of nitrogens with two attached hydrogens (primary N) is 1. The van der Waals surface area contributed by atoms with E-state index in [1.807, 2.05) is 6.07 Å². The van der Waals surface area contributed by atoms with Crippen LogP contribution in [0.2, 0.25) is 10.0 Å². The summed E-state index contributed by atoms with van der Waals surface area (Å²) in [6.07, 6.45) is 0. The maximum absolute atomic E-state index is 6.08. The number of hydrogen-bond acceptors (Lipinski definition) is 4. The van der Waals surface area contributed by atoms with Crippen LogP contribution in [0.5, 0.6) is 11.5 Å². The molecule has 2 aromatic rings.